The van der Waals surface area contributed by atoms with Gasteiger partial charge in [-0.3, -0.25) is 14.7 Å². The van der Waals surface area contributed by atoms with Crippen molar-refractivity contribution in [3.05, 3.63) is 125 Å². The molecule has 5 heteroatoms. The Morgan fingerprint density at radius 2 is 1.22 bits per heavy atom. The molecule has 154 valence electrons. The Labute approximate surface area is 185 Å². The monoisotopic (exact) mass is 417 g/mol. The molecule has 0 saturated carbocycles. The molecule has 0 saturated heterocycles. The number of hydrogen-bond donors (Lipinski definition) is 0. The third-order valence-corrected chi connectivity index (χ3v) is 5.30. The number of nitrogens with zero attached hydrogens (tertiary/aromatic N) is 3. The van der Waals surface area contributed by atoms with Crippen LogP contribution >= 0.6 is 0 Å². The molecular formula is C27H19N3O2. The van der Waals surface area contributed by atoms with Crippen LogP contribution in [0.2, 0.25) is 0 Å². The SMILES string of the molecule is O=[N+]([O-])c1cccc(-c2nc(-c3ccccc3)c(-c3ccccc3)n2-c2ccccc2)c1. The van der Waals surface area contributed by atoms with Gasteiger partial charge < -0.3 is 0 Å². The van der Waals surface area contributed by atoms with Crippen LogP contribution in [0.25, 0.3) is 39.6 Å². The van der Waals surface area contributed by atoms with E-state index in [0.29, 0.717) is 11.4 Å². The van der Waals surface area contributed by atoms with Gasteiger partial charge in [-0.05, 0) is 12.1 Å². The van der Waals surface area contributed by atoms with E-state index in [4.69, 9.17) is 4.98 Å². The Kier molecular flexibility index (Phi) is 5.06. The Bertz CT molecular complexity index is 1380. The number of aromatic nitrogens is 2. The van der Waals surface area contributed by atoms with E-state index in [1.54, 1.807) is 12.1 Å². The lowest BCUT2D eigenvalue weighted by molar-refractivity contribution is -0.384. The standard InChI is InChI=1S/C27H19N3O2/c31-30(32)24-18-10-15-22(19-24)27-28-25(20-11-4-1-5-12-20)26(21-13-6-2-7-14-21)29(27)23-16-8-3-9-17-23/h1-19H. The third-order valence-electron chi connectivity index (χ3n) is 5.30. The molecule has 1 heterocycles. The molecule has 5 rings (SSSR count). The summed E-state index contributed by atoms with van der Waals surface area (Å²) in [6.07, 6.45) is 0. The molecule has 0 unspecified atom stereocenters. The average Bonchev–Trinajstić information content (AvgIpc) is 3.26. The summed E-state index contributed by atoms with van der Waals surface area (Å²) in [6.45, 7) is 0. The fourth-order valence-electron chi connectivity index (χ4n) is 3.86. The van der Waals surface area contributed by atoms with Crippen molar-refractivity contribution in [3.8, 4) is 39.6 Å². The minimum Gasteiger partial charge on any atom is -0.292 e. The molecule has 1 aromatic heterocycles. The van der Waals surface area contributed by atoms with E-state index in [0.717, 1.165) is 28.2 Å². The maximum absolute atomic E-state index is 11.4. The quantitative estimate of drug-likeness (QED) is 0.234. The van der Waals surface area contributed by atoms with Gasteiger partial charge in [-0.2, -0.15) is 0 Å². The zero-order valence-electron chi connectivity index (χ0n) is 17.1. The smallest absolute Gasteiger partial charge is 0.270 e. The predicted octanol–water partition coefficient (Wildman–Crippen LogP) is 6.78. The molecular weight excluding hydrogens is 398 g/mol. The molecule has 0 bridgehead atoms. The highest BCUT2D eigenvalue weighted by Crippen LogP contribution is 2.38. The van der Waals surface area contributed by atoms with Crippen LogP contribution in [0.15, 0.2) is 115 Å². The van der Waals surface area contributed by atoms with Crippen LogP contribution in [0.4, 0.5) is 5.69 Å². The third kappa shape index (κ3) is 3.56. The summed E-state index contributed by atoms with van der Waals surface area (Å²) in [5, 5.41) is 11.4. The van der Waals surface area contributed by atoms with Gasteiger partial charge in [0.1, 0.15) is 5.82 Å². The maximum atomic E-state index is 11.4. The summed E-state index contributed by atoms with van der Waals surface area (Å²) in [6, 6.07) is 36.7. The van der Waals surface area contributed by atoms with Gasteiger partial charge in [0.25, 0.3) is 5.69 Å². The molecule has 0 atom stereocenters. The van der Waals surface area contributed by atoms with Crippen molar-refractivity contribution in [1.82, 2.24) is 9.55 Å². The second kappa shape index (κ2) is 8.32. The normalized spacial score (nSPS) is 10.8. The van der Waals surface area contributed by atoms with Crippen LogP contribution in [-0.4, -0.2) is 14.5 Å². The molecule has 0 amide bonds. The molecule has 5 nitrogen and oxygen atoms in total. The van der Waals surface area contributed by atoms with E-state index < -0.39 is 0 Å². The van der Waals surface area contributed by atoms with Gasteiger partial charge >= 0.3 is 0 Å². The summed E-state index contributed by atoms with van der Waals surface area (Å²) in [5.41, 5.74) is 5.40. The number of benzene rings is 4. The minimum absolute atomic E-state index is 0.0348. The molecule has 32 heavy (non-hydrogen) atoms. The van der Waals surface area contributed by atoms with E-state index in [-0.39, 0.29) is 10.6 Å². The second-order valence-electron chi connectivity index (χ2n) is 7.34. The van der Waals surface area contributed by atoms with Crippen molar-refractivity contribution >= 4 is 5.69 Å². The Morgan fingerprint density at radius 1 is 0.656 bits per heavy atom. The lowest BCUT2D eigenvalue weighted by Gasteiger charge is -2.13. The van der Waals surface area contributed by atoms with Crippen LogP contribution in [0.5, 0.6) is 0 Å². The number of hydrogen-bond acceptors (Lipinski definition) is 3. The Hall–Kier alpha value is -4.51. The molecule has 5 aromatic rings. The van der Waals surface area contributed by atoms with Crippen LogP contribution in [0.1, 0.15) is 0 Å². The molecule has 0 fully saturated rings. The molecule has 4 aromatic carbocycles. The Morgan fingerprint density at radius 3 is 1.84 bits per heavy atom. The highest BCUT2D eigenvalue weighted by atomic mass is 16.6. The first-order valence-corrected chi connectivity index (χ1v) is 10.3. The van der Waals surface area contributed by atoms with E-state index in [1.807, 2.05) is 84.9 Å². The van der Waals surface area contributed by atoms with Crippen molar-refractivity contribution in [2.24, 2.45) is 0 Å². The molecule has 0 spiro atoms. The lowest BCUT2D eigenvalue weighted by atomic mass is 10.0. The molecule has 0 aliphatic heterocycles. The first-order valence-electron chi connectivity index (χ1n) is 10.3. The number of rotatable bonds is 5. The van der Waals surface area contributed by atoms with Crippen molar-refractivity contribution in [3.63, 3.8) is 0 Å². The van der Waals surface area contributed by atoms with Gasteiger partial charge in [-0.25, -0.2) is 4.98 Å². The van der Waals surface area contributed by atoms with Gasteiger partial charge in [0.15, 0.2) is 0 Å². The van der Waals surface area contributed by atoms with Crippen molar-refractivity contribution in [2.75, 3.05) is 0 Å². The number of non-ortho nitro benzene ring substituents is 1. The summed E-state index contributed by atoms with van der Waals surface area (Å²) in [5.74, 6) is 0.651. The predicted molar refractivity (Wildman–Crippen MR) is 127 cm³/mol. The zero-order chi connectivity index (χ0) is 21.9. The summed E-state index contributed by atoms with van der Waals surface area (Å²) < 4.78 is 2.08. The van der Waals surface area contributed by atoms with E-state index in [2.05, 4.69) is 16.7 Å². The van der Waals surface area contributed by atoms with E-state index in [1.165, 1.54) is 6.07 Å². The van der Waals surface area contributed by atoms with Gasteiger partial charge in [0.2, 0.25) is 0 Å². The minimum atomic E-state index is -0.379. The van der Waals surface area contributed by atoms with Crippen LogP contribution in [0.3, 0.4) is 0 Å². The summed E-state index contributed by atoms with van der Waals surface area (Å²) >= 11 is 0. The largest absolute Gasteiger partial charge is 0.292 e. The number of nitro benzene ring substituents is 1. The van der Waals surface area contributed by atoms with Crippen LogP contribution in [-0.2, 0) is 0 Å². The highest BCUT2D eigenvalue weighted by molar-refractivity contribution is 5.84. The fourth-order valence-corrected chi connectivity index (χ4v) is 3.86. The fraction of sp³-hybridized carbons (Fsp3) is 0. The molecule has 0 aliphatic carbocycles. The number of imidazole rings is 1. The molecule has 0 N–H and O–H groups in total. The molecule has 0 radical (unpaired) electrons. The van der Waals surface area contributed by atoms with Gasteiger partial charge in [0.05, 0.1) is 16.3 Å². The maximum Gasteiger partial charge on any atom is 0.270 e. The van der Waals surface area contributed by atoms with E-state index in [9.17, 15) is 10.1 Å². The van der Waals surface area contributed by atoms with Crippen LogP contribution in [0, 0.1) is 10.1 Å². The first-order chi connectivity index (χ1) is 15.7. The van der Waals surface area contributed by atoms with Gasteiger partial charge in [-0.1, -0.05) is 91.0 Å². The Balaban J connectivity index is 1.88. The second-order valence-corrected chi connectivity index (χ2v) is 7.34. The first kappa shape index (κ1) is 19.5. The topological polar surface area (TPSA) is 61.0 Å². The number of para-hydroxylation sites is 1. The van der Waals surface area contributed by atoms with E-state index >= 15 is 0 Å². The summed E-state index contributed by atoms with van der Waals surface area (Å²) in [7, 11) is 0. The highest BCUT2D eigenvalue weighted by Gasteiger charge is 2.23. The molecule has 0 aliphatic rings. The zero-order valence-corrected chi connectivity index (χ0v) is 17.1. The van der Waals surface area contributed by atoms with Crippen molar-refractivity contribution in [1.29, 1.82) is 0 Å². The number of nitro groups is 1. The summed E-state index contributed by atoms with van der Waals surface area (Å²) in [4.78, 5) is 16.1. The average molecular weight is 417 g/mol. The van der Waals surface area contributed by atoms with Gasteiger partial charge in [-0.15, -0.1) is 0 Å². The van der Waals surface area contributed by atoms with Gasteiger partial charge in [0, 0.05) is 34.5 Å². The van der Waals surface area contributed by atoms with Crippen molar-refractivity contribution in [2.45, 2.75) is 0 Å². The lowest BCUT2D eigenvalue weighted by Crippen LogP contribution is -2.00. The van der Waals surface area contributed by atoms with Crippen molar-refractivity contribution < 1.29 is 4.92 Å². The van der Waals surface area contributed by atoms with Crippen LogP contribution < -0.4 is 0 Å².